The first-order valence-corrected chi connectivity index (χ1v) is 5.88. The molecule has 0 amide bonds. The quantitative estimate of drug-likeness (QED) is 0.672. The second kappa shape index (κ2) is 5.40. The molecule has 0 saturated heterocycles. The lowest BCUT2D eigenvalue weighted by atomic mass is 10.1. The molecule has 2 rings (SSSR count). The Morgan fingerprint density at radius 3 is 2.84 bits per heavy atom. The minimum atomic E-state index is -0.440. The van der Waals surface area contributed by atoms with Crippen molar-refractivity contribution in [1.82, 2.24) is 0 Å². The lowest BCUT2D eigenvalue weighted by Crippen LogP contribution is -2.05. The summed E-state index contributed by atoms with van der Waals surface area (Å²) in [5.41, 5.74) is 1.13. The number of phenolic OH excluding ortho intramolecular Hbond substituents is 1. The van der Waals surface area contributed by atoms with E-state index in [9.17, 15) is 9.90 Å². The van der Waals surface area contributed by atoms with Gasteiger partial charge in [0.25, 0.3) is 0 Å². The Labute approximate surface area is 110 Å². The zero-order valence-corrected chi connectivity index (χ0v) is 10.6. The number of hydrogen-bond donors (Lipinski definition) is 1. The standard InChI is InChI=1S/C16H14O3/c1-3-5-11(6-4-2)14-9-12-7-8-13(17)10-15(12)19-16(14)18/h3-10,17H,1H2,2H3/b6-4-,11-5+. The van der Waals surface area contributed by atoms with E-state index < -0.39 is 5.63 Å². The number of allylic oxidation sites excluding steroid dienone is 5. The van der Waals surface area contributed by atoms with Crippen LogP contribution in [0.3, 0.4) is 0 Å². The Morgan fingerprint density at radius 1 is 1.37 bits per heavy atom. The lowest BCUT2D eigenvalue weighted by molar-refractivity contribution is 0.473. The van der Waals surface area contributed by atoms with Crippen LogP contribution >= 0.6 is 0 Å². The van der Waals surface area contributed by atoms with Crippen LogP contribution in [0.4, 0.5) is 0 Å². The summed E-state index contributed by atoms with van der Waals surface area (Å²) in [6.07, 6.45) is 7.03. The van der Waals surface area contributed by atoms with Crippen molar-refractivity contribution in [2.75, 3.05) is 0 Å². The summed E-state index contributed by atoms with van der Waals surface area (Å²) < 4.78 is 5.22. The molecule has 19 heavy (non-hydrogen) atoms. The summed E-state index contributed by atoms with van der Waals surface area (Å²) in [5.74, 6) is 0.0683. The van der Waals surface area contributed by atoms with Gasteiger partial charge in [0.1, 0.15) is 11.3 Å². The molecule has 0 aliphatic rings. The Morgan fingerprint density at radius 2 is 2.16 bits per heavy atom. The first-order chi connectivity index (χ1) is 9.15. The van der Waals surface area contributed by atoms with Gasteiger partial charge in [-0.1, -0.05) is 30.9 Å². The molecule has 1 aromatic carbocycles. The molecule has 1 N–H and O–H groups in total. The molecular weight excluding hydrogens is 240 g/mol. The molecule has 0 aliphatic heterocycles. The third kappa shape index (κ3) is 2.65. The topological polar surface area (TPSA) is 50.4 Å². The SMILES string of the molecule is C=C/C=C(\C=C/C)c1cc2ccc(O)cc2oc1=O. The van der Waals surface area contributed by atoms with Gasteiger partial charge in [0, 0.05) is 11.5 Å². The predicted octanol–water partition coefficient (Wildman–Crippen LogP) is 3.64. The van der Waals surface area contributed by atoms with Crippen LogP contribution in [0.1, 0.15) is 12.5 Å². The molecule has 0 unspecified atom stereocenters. The van der Waals surface area contributed by atoms with Crippen molar-refractivity contribution < 1.29 is 9.52 Å². The smallest absolute Gasteiger partial charge is 0.344 e. The largest absolute Gasteiger partial charge is 0.508 e. The van der Waals surface area contributed by atoms with Crippen LogP contribution in [0.15, 0.2) is 64.4 Å². The molecule has 2 aromatic rings. The van der Waals surface area contributed by atoms with Crippen LogP contribution in [-0.4, -0.2) is 5.11 Å². The number of rotatable bonds is 3. The Bertz CT molecular complexity index is 733. The second-order valence-corrected chi connectivity index (χ2v) is 4.03. The predicted molar refractivity (Wildman–Crippen MR) is 77.1 cm³/mol. The van der Waals surface area contributed by atoms with Crippen molar-refractivity contribution >= 4 is 16.5 Å². The van der Waals surface area contributed by atoms with Crippen molar-refractivity contribution in [2.24, 2.45) is 0 Å². The van der Waals surface area contributed by atoms with E-state index >= 15 is 0 Å². The van der Waals surface area contributed by atoms with E-state index in [0.717, 1.165) is 11.0 Å². The molecule has 96 valence electrons. The summed E-state index contributed by atoms with van der Waals surface area (Å²) >= 11 is 0. The van der Waals surface area contributed by atoms with E-state index in [1.54, 1.807) is 30.4 Å². The van der Waals surface area contributed by atoms with Crippen LogP contribution in [-0.2, 0) is 0 Å². The van der Waals surface area contributed by atoms with E-state index in [4.69, 9.17) is 4.42 Å². The van der Waals surface area contributed by atoms with Gasteiger partial charge in [0.05, 0.1) is 5.56 Å². The number of hydrogen-bond acceptors (Lipinski definition) is 3. The van der Waals surface area contributed by atoms with Crippen molar-refractivity contribution in [1.29, 1.82) is 0 Å². The molecule has 0 bridgehead atoms. The molecular formula is C16H14O3. The maximum Gasteiger partial charge on any atom is 0.344 e. The van der Waals surface area contributed by atoms with Crippen molar-refractivity contribution in [3.63, 3.8) is 0 Å². The highest BCUT2D eigenvalue weighted by Gasteiger charge is 2.08. The van der Waals surface area contributed by atoms with Crippen LogP contribution in [0.25, 0.3) is 16.5 Å². The fourth-order valence-electron chi connectivity index (χ4n) is 1.84. The molecule has 1 aromatic heterocycles. The normalized spacial score (nSPS) is 12.2. The highest BCUT2D eigenvalue weighted by Crippen LogP contribution is 2.22. The van der Waals surface area contributed by atoms with Gasteiger partial charge < -0.3 is 9.52 Å². The summed E-state index contributed by atoms with van der Waals surface area (Å²) in [7, 11) is 0. The van der Waals surface area contributed by atoms with E-state index in [1.165, 1.54) is 6.07 Å². The molecule has 0 spiro atoms. The second-order valence-electron chi connectivity index (χ2n) is 4.03. The Kier molecular flexibility index (Phi) is 3.66. The van der Waals surface area contributed by atoms with Crippen LogP contribution in [0.5, 0.6) is 5.75 Å². The van der Waals surface area contributed by atoms with Gasteiger partial charge in [-0.25, -0.2) is 4.79 Å². The van der Waals surface area contributed by atoms with Gasteiger partial charge in [-0.2, -0.15) is 0 Å². The van der Waals surface area contributed by atoms with E-state index in [2.05, 4.69) is 6.58 Å². The average Bonchev–Trinajstić information content (AvgIpc) is 2.37. The lowest BCUT2D eigenvalue weighted by Gasteiger charge is -2.03. The molecule has 0 radical (unpaired) electrons. The van der Waals surface area contributed by atoms with Crippen LogP contribution < -0.4 is 5.63 Å². The van der Waals surface area contributed by atoms with Gasteiger partial charge in [0.2, 0.25) is 0 Å². The van der Waals surface area contributed by atoms with Crippen molar-refractivity contribution in [3.05, 3.63) is 71.1 Å². The van der Waals surface area contributed by atoms with Crippen molar-refractivity contribution in [2.45, 2.75) is 6.92 Å². The third-order valence-electron chi connectivity index (χ3n) is 2.67. The van der Waals surface area contributed by atoms with Gasteiger partial charge in [-0.15, -0.1) is 0 Å². The average molecular weight is 254 g/mol. The number of phenols is 1. The maximum absolute atomic E-state index is 12.0. The number of aromatic hydroxyl groups is 1. The van der Waals surface area contributed by atoms with E-state index in [1.807, 2.05) is 19.1 Å². The molecule has 1 heterocycles. The highest BCUT2D eigenvalue weighted by molar-refractivity contribution is 5.84. The Hall–Kier alpha value is -2.55. The van der Waals surface area contributed by atoms with Crippen LogP contribution in [0, 0.1) is 0 Å². The monoisotopic (exact) mass is 254 g/mol. The summed E-state index contributed by atoms with van der Waals surface area (Å²) in [5, 5.41) is 10.1. The molecule has 3 nitrogen and oxygen atoms in total. The Balaban J connectivity index is 2.71. The minimum absolute atomic E-state index is 0.0683. The highest BCUT2D eigenvalue weighted by atomic mass is 16.4. The van der Waals surface area contributed by atoms with Gasteiger partial charge in [-0.3, -0.25) is 0 Å². The number of benzene rings is 1. The maximum atomic E-state index is 12.0. The molecule has 3 heteroatoms. The number of fused-ring (bicyclic) bond motifs is 1. The fraction of sp³-hybridized carbons (Fsp3) is 0.0625. The van der Waals surface area contributed by atoms with E-state index in [0.29, 0.717) is 11.1 Å². The molecule has 0 saturated carbocycles. The molecule has 0 atom stereocenters. The third-order valence-corrected chi connectivity index (χ3v) is 2.67. The van der Waals surface area contributed by atoms with Crippen molar-refractivity contribution in [3.8, 4) is 5.75 Å². The minimum Gasteiger partial charge on any atom is -0.508 e. The zero-order valence-electron chi connectivity index (χ0n) is 10.6. The first-order valence-electron chi connectivity index (χ1n) is 5.88. The van der Waals surface area contributed by atoms with Gasteiger partial charge >= 0.3 is 5.63 Å². The van der Waals surface area contributed by atoms with Gasteiger partial charge in [-0.05, 0) is 30.7 Å². The molecule has 0 aliphatic carbocycles. The van der Waals surface area contributed by atoms with Gasteiger partial charge in [0.15, 0.2) is 0 Å². The first kappa shape index (κ1) is 12.9. The fourth-order valence-corrected chi connectivity index (χ4v) is 1.84. The summed E-state index contributed by atoms with van der Waals surface area (Å²) in [4.78, 5) is 12.0. The van der Waals surface area contributed by atoms with E-state index in [-0.39, 0.29) is 5.75 Å². The summed E-state index contributed by atoms with van der Waals surface area (Å²) in [6.45, 7) is 5.51. The summed E-state index contributed by atoms with van der Waals surface area (Å²) in [6, 6.07) is 6.43. The molecule has 0 fully saturated rings. The zero-order chi connectivity index (χ0) is 13.8. The van der Waals surface area contributed by atoms with Crippen LogP contribution in [0.2, 0.25) is 0 Å².